The van der Waals surface area contributed by atoms with Crippen molar-refractivity contribution in [1.82, 2.24) is 0 Å². The number of hydrogen-bond acceptors (Lipinski definition) is 6. The van der Waals surface area contributed by atoms with E-state index in [9.17, 15) is 29.1 Å². The Labute approximate surface area is 213 Å². The topological polar surface area (TPSA) is 126 Å². The predicted octanol–water partition coefficient (Wildman–Crippen LogP) is 3.95. The summed E-state index contributed by atoms with van der Waals surface area (Å²) in [6.45, 7) is 11.2. The summed E-state index contributed by atoms with van der Waals surface area (Å²) in [4.78, 5) is 64.0. The first-order valence-electron chi connectivity index (χ1n) is 13.4. The maximum atomic E-state index is 13.9. The fourth-order valence-corrected chi connectivity index (χ4v) is 8.58. The Morgan fingerprint density at radius 1 is 1.03 bits per heavy atom. The van der Waals surface area contributed by atoms with E-state index in [0.717, 1.165) is 0 Å². The van der Waals surface area contributed by atoms with Gasteiger partial charge in [0, 0.05) is 60.0 Å². The number of hydrogen-bond donors (Lipinski definition) is 2. The van der Waals surface area contributed by atoms with Gasteiger partial charge in [0.05, 0.1) is 12.0 Å². The molecule has 0 aromatic heterocycles. The first-order chi connectivity index (χ1) is 16.6. The average Bonchev–Trinajstić information content (AvgIpc) is 2.98. The van der Waals surface area contributed by atoms with E-state index < -0.39 is 34.2 Å². The van der Waals surface area contributed by atoms with E-state index >= 15 is 0 Å². The van der Waals surface area contributed by atoms with Crippen molar-refractivity contribution in [3.63, 3.8) is 0 Å². The van der Waals surface area contributed by atoms with Crippen LogP contribution in [0.5, 0.6) is 0 Å². The predicted molar refractivity (Wildman–Crippen MR) is 132 cm³/mol. The highest BCUT2D eigenvalue weighted by atomic mass is 16.4. The van der Waals surface area contributed by atoms with E-state index in [-0.39, 0.29) is 72.5 Å². The molecule has 2 fully saturated rings. The van der Waals surface area contributed by atoms with E-state index in [1.54, 1.807) is 0 Å². The van der Waals surface area contributed by atoms with Crippen LogP contribution in [-0.4, -0.2) is 45.4 Å². The second kappa shape index (κ2) is 8.71. The highest BCUT2D eigenvalue weighted by Gasteiger charge is 2.69. The van der Waals surface area contributed by atoms with Crippen LogP contribution in [0.15, 0.2) is 11.1 Å². The van der Waals surface area contributed by atoms with Crippen molar-refractivity contribution in [2.24, 2.45) is 45.8 Å². The molecule has 0 heterocycles. The van der Waals surface area contributed by atoms with Crippen molar-refractivity contribution in [2.45, 2.75) is 92.6 Å². The molecule has 4 rings (SSSR count). The number of allylic oxidation sites excluding steroid dienone is 1. The van der Waals surface area contributed by atoms with Crippen molar-refractivity contribution in [3.05, 3.63) is 11.1 Å². The molecule has 2 N–H and O–H groups in total. The molecule has 0 aromatic rings. The zero-order valence-electron chi connectivity index (χ0n) is 22.3. The summed E-state index contributed by atoms with van der Waals surface area (Å²) in [5.41, 5.74) is -1.20. The van der Waals surface area contributed by atoms with Gasteiger partial charge in [-0.15, -0.1) is 0 Å². The molecule has 0 aliphatic heterocycles. The van der Waals surface area contributed by atoms with Gasteiger partial charge in [-0.3, -0.25) is 24.0 Å². The Balaban J connectivity index is 1.73. The highest BCUT2D eigenvalue weighted by molar-refractivity contribution is 6.12. The molecular formula is C29H40O7. The third-order valence-electron chi connectivity index (χ3n) is 11.0. The Hall–Kier alpha value is -2.15. The highest BCUT2D eigenvalue weighted by Crippen LogP contribution is 2.70. The van der Waals surface area contributed by atoms with Crippen LogP contribution in [0.4, 0.5) is 0 Å². The first-order valence-corrected chi connectivity index (χ1v) is 13.4. The molecule has 9 atom stereocenters. The molecule has 2 saturated carbocycles. The molecule has 0 aromatic carbocycles. The number of fused-ring (bicyclic) bond motifs is 4. The summed E-state index contributed by atoms with van der Waals surface area (Å²) in [5, 5.41) is 20.7. The molecular weight excluding hydrogens is 460 g/mol. The van der Waals surface area contributed by atoms with E-state index in [2.05, 4.69) is 0 Å². The number of rotatable bonds is 6. The number of carbonyl (C=O) groups excluding carboxylic acids is 4. The van der Waals surface area contributed by atoms with Gasteiger partial charge in [-0.2, -0.15) is 0 Å². The number of Topliss-reactive ketones (excluding diaryl/α,β-unsaturated/α-hetero) is 4. The SMILES string of the molecule is C[C@H](CC(=O)C[C@H](C)C(=O)O)[C@H]1C[C@@H](O)[C@@]2(C)C3=C(C(=O)C[C@]12C)[C@@]1(C)CCC(=O)[C@@H](C)[C@@H]1CC3=O. The second-order valence-electron chi connectivity index (χ2n) is 12.9. The van der Waals surface area contributed by atoms with Crippen LogP contribution in [0.2, 0.25) is 0 Å². The van der Waals surface area contributed by atoms with Crippen molar-refractivity contribution in [2.75, 3.05) is 0 Å². The Bertz CT molecular complexity index is 1070. The van der Waals surface area contributed by atoms with Crippen LogP contribution in [0, 0.1) is 45.8 Å². The van der Waals surface area contributed by atoms with Crippen LogP contribution in [0.25, 0.3) is 0 Å². The summed E-state index contributed by atoms with van der Waals surface area (Å²) >= 11 is 0. The number of carboxylic acids is 1. The minimum Gasteiger partial charge on any atom is -0.481 e. The Kier molecular flexibility index (Phi) is 6.51. The van der Waals surface area contributed by atoms with Crippen molar-refractivity contribution in [1.29, 1.82) is 0 Å². The van der Waals surface area contributed by atoms with Crippen molar-refractivity contribution >= 4 is 29.1 Å². The smallest absolute Gasteiger partial charge is 0.306 e. The van der Waals surface area contributed by atoms with E-state index in [1.165, 1.54) is 6.92 Å². The van der Waals surface area contributed by atoms with Gasteiger partial charge >= 0.3 is 5.97 Å². The van der Waals surface area contributed by atoms with Crippen molar-refractivity contribution < 1.29 is 34.2 Å². The third kappa shape index (κ3) is 3.59. The zero-order valence-corrected chi connectivity index (χ0v) is 22.3. The standard InChI is InChI=1S/C29H40O7/c1-14(9-17(30)10-15(2)26(35)36)18-12-23(34)29(6)25-21(32)11-19-16(3)20(31)7-8-27(19,4)24(25)22(33)13-28(18,29)5/h14-16,18-19,23,34H,7-13H2,1-6H3,(H,35,36)/t14-,15+,16+,18-,19+,23-,27+,28-,29+/m1/s1. The average molecular weight is 501 g/mol. The molecule has 7 heteroatoms. The van der Waals surface area contributed by atoms with Gasteiger partial charge in [-0.1, -0.05) is 41.5 Å². The minimum atomic E-state index is -1.01. The largest absolute Gasteiger partial charge is 0.481 e. The molecule has 0 saturated heterocycles. The Morgan fingerprint density at radius 3 is 2.28 bits per heavy atom. The lowest BCUT2D eigenvalue weighted by Crippen LogP contribution is -2.57. The third-order valence-corrected chi connectivity index (χ3v) is 11.0. The summed E-state index contributed by atoms with van der Waals surface area (Å²) < 4.78 is 0. The number of aliphatic hydroxyl groups is 1. The van der Waals surface area contributed by atoms with Gasteiger partial charge in [0.2, 0.25) is 0 Å². The van der Waals surface area contributed by atoms with Crippen LogP contribution >= 0.6 is 0 Å². The fraction of sp³-hybridized carbons (Fsp3) is 0.759. The van der Waals surface area contributed by atoms with Crippen LogP contribution < -0.4 is 0 Å². The van der Waals surface area contributed by atoms with Crippen LogP contribution in [0.3, 0.4) is 0 Å². The molecule has 0 spiro atoms. The van der Waals surface area contributed by atoms with E-state index in [0.29, 0.717) is 30.4 Å². The van der Waals surface area contributed by atoms with Crippen molar-refractivity contribution in [3.8, 4) is 0 Å². The molecule has 0 bridgehead atoms. The molecule has 0 unspecified atom stereocenters. The van der Waals surface area contributed by atoms with Gasteiger partial charge in [0.25, 0.3) is 0 Å². The van der Waals surface area contributed by atoms with Gasteiger partial charge in [0.1, 0.15) is 11.6 Å². The maximum absolute atomic E-state index is 13.9. The molecule has 7 nitrogen and oxygen atoms in total. The molecule has 198 valence electrons. The molecule has 4 aliphatic carbocycles. The monoisotopic (exact) mass is 500 g/mol. The van der Waals surface area contributed by atoms with Crippen LogP contribution in [-0.2, 0) is 24.0 Å². The van der Waals surface area contributed by atoms with Gasteiger partial charge < -0.3 is 10.2 Å². The van der Waals surface area contributed by atoms with Crippen LogP contribution in [0.1, 0.15) is 86.5 Å². The summed E-state index contributed by atoms with van der Waals surface area (Å²) in [6.07, 6.45) is 0.985. The second-order valence-corrected chi connectivity index (χ2v) is 12.9. The lowest BCUT2D eigenvalue weighted by Gasteiger charge is -2.57. The van der Waals surface area contributed by atoms with E-state index in [1.807, 2.05) is 34.6 Å². The quantitative estimate of drug-likeness (QED) is 0.565. The Morgan fingerprint density at radius 2 is 1.67 bits per heavy atom. The summed E-state index contributed by atoms with van der Waals surface area (Å²) in [7, 11) is 0. The molecule has 0 amide bonds. The fourth-order valence-electron chi connectivity index (χ4n) is 8.58. The van der Waals surface area contributed by atoms with Gasteiger partial charge in [0.15, 0.2) is 11.6 Å². The molecule has 0 radical (unpaired) electrons. The number of aliphatic hydroxyl groups excluding tert-OH is 1. The summed E-state index contributed by atoms with van der Waals surface area (Å²) in [6, 6.07) is 0. The van der Waals surface area contributed by atoms with E-state index in [4.69, 9.17) is 5.11 Å². The number of carbonyl (C=O) groups is 5. The molecule has 36 heavy (non-hydrogen) atoms. The number of ketones is 4. The van der Waals surface area contributed by atoms with Gasteiger partial charge in [-0.05, 0) is 36.0 Å². The molecule has 4 aliphatic rings. The number of carboxylic acid groups (broad SMARTS) is 1. The first kappa shape index (κ1) is 26.9. The van der Waals surface area contributed by atoms with Gasteiger partial charge in [-0.25, -0.2) is 0 Å². The lowest BCUT2D eigenvalue weighted by molar-refractivity contribution is -0.143. The zero-order chi connectivity index (χ0) is 27.0. The summed E-state index contributed by atoms with van der Waals surface area (Å²) in [5.74, 6) is -2.80. The minimum absolute atomic E-state index is 0.0493. The normalized spacial score (nSPS) is 41.9. The number of aliphatic carboxylic acids is 1. The lowest BCUT2D eigenvalue weighted by atomic mass is 9.44. The maximum Gasteiger partial charge on any atom is 0.306 e.